The predicted molar refractivity (Wildman–Crippen MR) is 106 cm³/mol. The smallest absolute Gasteiger partial charge is 0.325 e. The molecule has 1 atom stereocenters. The molecule has 1 amide bonds. The van der Waals surface area contributed by atoms with E-state index in [9.17, 15) is 18.0 Å². The quantitative estimate of drug-likeness (QED) is 0.452. The molecule has 0 spiro atoms. The van der Waals surface area contributed by atoms with Crippen molar-refractivity contribution >= 4 is 37.9 Å². The topological polar surface area (TPSA) is 104 Å². The second-order valence-electron chi connectivity index (χ2n) is 5.95. The van der Waals surface area contributed by atoms with Gasteiger partial charge in [-0.3, -0.25) is 13.9 Å². The third kappa shape index (κ3) is 7.84. The van der Waals surface area contributed by atoms with E-state index >= 15 is 0 Å². The zero-order valence-corrected chi connectivity index (χ0v) is 16.8. The van der Waals surface area contributed by atoms with E-state index in [1.807, 2.05) is 6.08 Å². The average Bonchev–Trinajstić information content (AvgIpc) is 2.56. The van der Waals surface area contributed by atoms with Crippen LogP contribution in [0, 0.1) is 0 Å². The highest BCUT2D eigenvalue weighted by atomic mass is 35.7. The van der Waals surface area contributed by atoms with Crippen molar-refractivity contribution in [3.05, 3.63) is 53.7 Å². The second-order valence-corrected chi connectivity index (χ2v) is 8.39. The zero-order chi connectivity index (χ0) is 20.6. The minimum atomic E-state index is -3.84. The largest absolute Gasteiger partial charge is 0.480 e. The summed E-state index contributed by atoms with van der Waals surface area (Å²) in [5, 5.41) is 11.2. The number of unbranched alkanes of at least 4 members (excludes halogenated alkanes) is 1. The molecule has 1 aromatic carbocycles. The van der Waals surface area contributed by atoms with Gasteiger partial charge in [-0.25, -0.2) is 0 Å². The summed E-state index contributed by atoms with van der Waals surface area (Å²) in [7, 11) is 1.51. The Morgan fingerprint density at radius 2 is 2.07 bits per heavy atom. The summed E-state index contributed by atoms with van der Waals surface area (Å²) in [5.41, 5.74) is 1.47. The third-order valence-electron chi connectivity index (χ3n) is 3.60. The number of carboxylic acid groups (broad SMARTS) is 1. The standard InChI is InChI=1S/C18H23ClN2O5S/c1-13(2)21(27(19,25)26)11-6-4-5-8-15-9-7-10-16(12-15)17(22)20-14(3)18(23)24/h5,7-10,12,14H,1,4,6,11H2,2-3H3,(H,20,22)(H,23,24)/b8-5-/t14-/m1/s1. The van der Waals surface area contributed by atoms with Crippen molar-refractivity contribution in [1.29, 1.82) is 0 Å². The van der Waals surface area contributed by atoms with Gasteiger partial charge in [0.2, 0.25) is 0 Å². The lowest BCUT2D eigenvalue weighted by Gasteiger charge is -2.19. The summed E-state index contributed by atoms with van der Waals surface area (Å²) < 4.78 is 23.9. The lowest BCUT2D eigenvalue weighted by Crippen LogP contribution is -2.38. The van der Waals surface area contributed by atoms with E-state index in [4.69, 9.17) is 15.8 Å². The van der Waals surface area contributed by atoms with Crippen LogP contribution in [0.15, 0.2) is 42.6 Å². The van der Waals surface area contributed by atoms with Crippen molar-refractivity contribution in [3.8, 4) is 0 Å². The first-order valence-corrected chi connectivity index (χ1v) is 10.5. The SMILES string of the molecule is C=C(C)N(CCC/C=C\c1cccc(C(=O)N[C@H](C)C(=O)O)c1)S(=O)(=O)Cl. The van der Waals surface area contributed by atoms with Crippen LogP contribution < -0.4 is 5.32 Å². The summed E-state index contributed by atoms with van der Waals surface area (Å²) >= 11 is 0. The fraction of sp³-hybridized carbons (Fsp3) is 0.333. The van der Waals surface area contributed by atoms with Gasteiger partial charge in [-0.2, -0.15) is 8.42 Å². The van der Waals surface area contributed by atoms with Gasteiger partial charge in [-0.1, -0.05) is 30.9 Å². The molecule has 0 fully saturated rings. The highest BCUT2D eigenvalue weighted by molar-refractivity contribution is 8.12. The zero-order valence-electron chi connectivity index (χ0n) is 15.2. The van der Waals surface area contributed by atoms with Crippen molar-refractivity contribution < 1.29 is 23.1 Å². The van der Waals surface area contributed by atoms with Crippen LogP contribution in [-0.2, 0) is 14.0 Å². The highest BCUT2D eigenvalue weighted by Gasteiger charge is 2.17. The molecule has 1 aromatic rings. The summed E-state index contributed by atoms with van der Waals surface area (Å²) in [6, 6.07) is 5.76. The fourth-order valence-electron chi connectivity index (χ4n) is 2.18. The summed E-state index contributed by atoms with van der Waals surface area (Å²) in [6.45, 7) is 6.77. The van der Waals surface area contributed by atoms with Gasteiger partial charge in [0.05, 0.1) is 0 Å². The number of rotatable bonds is 10. The predicted octanol–water partition coefficient (Wildman–Crippen LogP) is 3.00. The lowest BCUT2D eigenvalue weighted by atomic mass is 10.1. The first-order valence-electron chi connectivity index (χ1n) is 8.20. The molecule has 148 valence electrons. The number of carboxylic acids is 1. The van der Waals surface area contributed by atoms with Gasteiger partial charge in [0.15, 0.2) is 0 Å². The maximum Gasteiger partial charge on any atom is 0.325 e. The maximum atomic E-state index is 12.0. The average molecular weight is 415 g/mol. The number of carbonyl (C=O) groups is 2. The van der Waals surface area contributed by atoms with Crippen molar-refractivity contribution in [2.75, 3.05) is 6.54 Å². The van der Waals surface area contributed by atoms with E-state index in [1.165, 1.54) is 6.92 Å². The fourth-order valence-corrected chi connectivity index (χ4v) is 3.46. The minimum absolute atomic E-state index is 0.223. The molecular weight excluding hydrogens is 392 g/mol. The number of nitrogens with zero attached hydrogens (tertiary/aromatic N) is 1. The molecular formula is C18H23ClN2O5S. The molecule has 0 saturated heterocycles. The molecule has 9 heteroatoms. The minimum Gasteiger partial charge on any atom is -0.480 e. The number of benzene rings is 1. The maximum absolute atomic E-state index is 12.0. The number of nitrogens with one attached hydrogen (secondary N) is 1. The first kappa shape index (κ1) is 22.7. The van der Waals surface area contributed by atoms with E-state index in [1.54, 1.807) is 37.3 Å². The molecule has 0 aliphatic rings. The van der Waals surface area contributed by atoms with Crippen LogP contribution in [0.5, 0.6) is 0 Å². The molecule has 27 heavy (non-hydrogen) atoms. The van der Waals surface area contributed by atoms with Gasteiger partial charge >= 0.3 is 15.2 Å². The highest BCUT2D eigenvalue weighted by Crippen LogP contribution is 2.15. The van der Waals surface area contributed by atoms with E-state index in [0.717, 1.165) is 9.87 Å². The summed E-state index contributed by atoms with van der Waals surface area (Å²) in [6.07, 6.45) is 4.81. The molecule has 0 unspecified atom stereocenters. The Bertz CT molecular complexity index is 836. The number of carbonyl (C=O) groups excluding carboxylic acids is 1. The number of hydrogen-bond acceptors (Lipinski definition) is 4. The number of aliphatic carboxylic acids is 1. The molecule has 0 heterocycles. The third-order valence-corrected chi connectivity index (χ3v) is 5.12. The first-order chi connectivity index (χ1) is 12.5. The Kier molecular flexibility index (Phi) is 8.52. The van der Waals surface area contributed by atoms with Gasteiger partial charge in [0.25, 0.3) is 5.91 Å². The molecule has 2 N–H and O–H groups in total. The molecule has 7 nitrogen and oxygen atoms in total. The molecule has 0 aromatic heterocycles. The van der Waals surface area contributed by atoms with Crippen LogP contribution in [0.25, 0.3) is 6.08 Å². The summed E-state index contributed by atoms with van der Waals surface area (Å²) in [5.74, 6) is -1.58. The van der Waals surface area contributed by atoms with E-state index in [0.29, 0.717) is 24.1 Å². The monoisotopic (exact) mass is 414 g/mol. The normalized spacial score (nSPS) is 12.6. The van der Waals surface area contributed by atoms with Gasteiger partial charge in [-0.15, -0.1) is 0 Å². The molecule has 0 saturated carbocycles. The van der Waals surface area contributed by atoms with Crippen LogP contribution in [0.3, 0.4) is 0 Å². The van der Waals surface area contributed by atoms with Gasteiger partial charge < -0.3 is 10.4 Å². The van der Waals surface area contributed by atoms with E-state index in [2.05, 4.69) is 11.9 Å². The van der Waals surface area contributed by atoms with Crippen LogP contribution in [0.1, 0.15) is 42.6 Å². The van der Waals surface area contributed by atoms with Gasteiger partial charge in [0.1, 0.15) is 6.04 Å². The van der Waals surface area contributed by atoms with Crippen molar-refractivity contribution in [2.45, 2.75) is 32.7 Å². The van der Waals surface area contributed by atoms with Crippen molar-refractivity contribution in [1.82, 2.24) is 9.62 Å². The molecule has 1 rings (SSSR count). The lowest BCUT2D eigenvalue weighted by molar-refractivity contribution is -0.138. The van der Waals surface area contributed by atoms with E-state index in [-0.39, 0.29) is 6.54 Å². The van der Waals surface area contributed by atoms with Crippen LogP contribution in [0.2, 0.25) is 0 Å². The molecule has 0 aliphatic heterocycles. The molecule has 0 aliphatic carbocycles. The number of hydrogen-bond donors (Lipinski definition) is 2. The van der Waals surface area contributed by atoms with Crippen molar-refractivity contribution in [2.24, 2.45) is 0 Å². The number of amides is 1. The Morgan fingerprint density at radius 1 is 1.41 bits per heavy atom. The Labute approximate surface area is 163 Å². The number of halogens is 1. The summed E-state index contributed by atoms with van der Waals surface area (Å²) in [4.78, 5) is 22.8. The Morgan fingerprint density at radius 3 is 2.63 bits per heavy atom. The molecule has 0 radical (unpaired) electrons. The van der Waals surface area contributed by atoms with Crippen LogP contribution in [-0.4, -0.2) is 42.3 Å². The van der Waals surface area contributed by atoms with Crippen molar-refractivity contribution in [3.63, 3.8) is 0 Å². The van der Waals surface area contributed by atoms with Crippen LogP contribution >= 0.6 is 10.7 Å². The Balaban J connectivity index is 2.63. The van der Waals surface area contributed by atoms with Crippen LogP contribution in [0.4, 0.5) is 0 Å². The number of allylic oxidation sites excluding steroid dienone is 2. The van der Waals surface area contributed by atoms with E-state index < -0.39 is 27.2 Å². The molecule has 0 bridgehead atoms. The van der Waals surface area contributed by atoms with Gasteiger partial charge in [0, 0.05) is 28.5 Å². The second kappa shape index (κ2) is 10.1. The van der Waals surface area contributed by atoms with Gasteiger partial charge in [-0.05, 0) is 44.4 Å². The Hall–Kier alpha value is -2.32.